The number of rotatable bonds is 5. The van der Waals surface area contributed by atoms with Gasteiger partial charge in [-0.15, -0.1) is 0 Å². The lowest BCUT2D eigenvalue weighted by atomic mass is 9.96. The van der Waals surface area contributed by atoms with Gasteiger partial charge in [-0.1, -0.05) is 11.5 Å². The average molecular weight is 300 g/mol. The van der Waals surface area contributed by atoms with Crippen molar-refractivity contribution >= 4 is 36.6 Å². The van der Waals surface area contributed by atoms with E-state index >= 15 is 0 Å². The molecule has 1 aromatic carbocycles. The highest BCUT2D eigenvalue weighted by Crippen LogP contribution is 2.24. The Kier molecular flexibility index (Phi) is 4.65. The van der Waals surface area contributed by atoms with Gasteiger partial charge in [-0.25, -0.2) is 9.18 Å². The number of Topliss-reactive ketones (excluding diaryl/α,β-unsaturated/α-hetero) is 1. The summed E-state index contributed by atoms with van der Waals surface area (Å²) in [5, 5.41) is 2.74. The van der Waals surface area contributed by atoms with Crippen LogP contribution in [0.4, 0.5) is 15.9 Å². The molecule has 1 heterocycles. The van der Waals surface area contributed by atoms with Gasteiger partial charge in [0.2, 0.25) is 0 Å². The Morgan fingerprint density at radius 2 is 2.09 bits per heavy atom. The molecule has 0 unspecified atom stereocenters. The monoisotopic (exact) mass is 300 g/mol. The van der Waals surface area contributed by atoms with Gasteiger partial charge in [0.05, 0.1) is 18.0 Å². The maximum atomic E-state index is 13.8. The van der Waals surface area contributed by atoms with Crippen LogP contribution in [0.5, 0.6) is 0 Å². The quantitative estimate of drug-likeness (QED) is 0.504. The number of H-pyrrole nitrogens is 1. The first-order valence-corrected chi connectivity index (χ1v) is 6.65. The van der Waals surface area contributed by atoms with Crippen LogP contribution in [0.25, 0.3) is 0 Å². The normalized spacial score (nSPS) is 10.3. The molecule has 0 aliphatic heterocycles. The zero-order valence-electron chi connectivity index (χ0n) is 12.2. The van der Waals surface area contributed by atoms with Crippen LogP contribution in [0.1, 0.15) is 34.7 Å². The molecule has 7 heteroatoms. The van der Waals surface area contributed by atoms with Gasteiger partial charge in [-0.3, -0.25) is 4.79 Å². The maximum absolute atomic E-state index is 13.8. The minimum Gasteiger partial charge on any atom is -0.462 e. The molecule has 0 saturated heterocycles. The molecule has 2 rings (SSSR count). The van der Waals surface area contributed by atoms with Gasteiger partial charge in [0.1, 0.15) is 25.0 Å². The van der Waals surface area contributed by atoms with E-state index in [1.54, 1.807) is 6.92 Å². The fourth-order valence-corrected chi connectivity index (χ4v) is 1.88. The average Bonchev–Trinajstić information content (AvgIpc) is 2.86. The lowest BCUT2D eigenvalue weighted by molar-refractivity contribution is 0.0528. The van der Waals surface area contributed by atoms with Crippen LogP contribution in [0.2, 0.25) is 0 Å². The molecule has 112 valence electrons. The van der Waals surface area contributed by atoms with E-state index < -0.39 is 11.8 Å². The number of nitrogens with one attached hydrogen (secondary N) is 2. The van der Waals surface area contributed by atoms with Crippen LogP contribution >= 0.6 is 0 Å². The molecule has 0 aliphatic carbocycles. The predicted octanol–water partition coefficient (Wildman–Crippen LogP) is 2.07. The summed E-state index contributed by atoms with van der Waals surface area (Å²) < 4.78 is 18.8. The van der Waals surface area contributed by atoms with E-state index in [4.69, 9.17) is 12.6 Å². The molecule has 22 heavy (non-hydrogen) atoms. The van der Waals surface area contributed by atoms with Gasteiger partial charge >= 0.3 is 5.97 Å². The molecule has 0 amide bonds. The second-order valence-corrected chi connectivity index (χ2v) is 4.61. The highest BCUT2D eigenvalue weighted by Gasteiger charge is 2.19. The smallest absolute Gasteiger partial charge is 0.341 e. The van der Waals surface area contributed by atoms with E-state index in [1.807, 2.05) is 0 Å². The van der Waals surface area contributed by atoms with Gasteiger partial charge < -0.3 is 15.0 Å². The summed E-state index contributed by atoms with van der Waals surface area (Å²) in [4.78, 5) is 26.1. The number of anilines is 2. The molecule has 0 saturated carbocycles. The summed E-state index contributed by atoms with van der Waals surface area (Å²) >= 11 is 0. The van der Waals surface area contributed by atoms with Crippen LogP contribution < -0.4 is 10.8 Å². The molecule has 5 nitrogen and oxygen atoms in total. The first-order valence-electron chi connectivity index (χ1n) is 6.65. The third-order valence-corrected chi connectivity index (χ3v) is 2.95. The minimum absolute atomic E-state index is 0.122. The molecule has 0 aliphatic rings. The Labute approximate surface area is 128 Å². The van der Waals surface area contributed by atoms with Crippen LogP contribution in [0, 0.1) is 5.82 Å². The second kappa shape index (κ2) is 6.47. The Hall–Kier alpha value is -2.57. The lowest BCUT2D eigenvalue weighted by Crippen LogP contribution is -2.08. The standard InChI is InChI=1S/C15H14BFN2O3/c1-3-22-15(21)10-7-13(8(2)20)19-14(10)18-12-5-4-9(16)6-11(12)17/h4-7,18-19H,3H2,1-2H3. The number of carbonyl (C=O) groups is 2. The van der Waals surface area contributed by atoms with Crippen molar-refractivity contribution in [2.24, 2.45) is 0 Å². The molecule has 2 radical (unpaired) electrons. The van der Waals surface area contributed by atoms with Gasteiger partial charge in [-0.05, 0) is 25.1 Å². The number of aromatic amines is 1. The molecule has 0 spiro atoms. The van der Waals surface area contributed by atoms with Crippen molar-refractivity contribution in [3.63, 3.8) is 0 Å². The predicted molar refractivity (Wildman–Crippen MR) is 81.8 cm³/mol. The van der Waals surface area contributed by atoms with Gasteiger partial charge in [0.25, 0.3) is 0 Å². The second-order valence-electron chi connectivity index (χ2n) is 4.61. The molecule has 2 N–H and O–H groups in total. The SMILES string of the molecule is [B]c1ccc(Nc2[nH]c(C(C)=O)cc2C(=O)OCC)c(F)c1. The fourth-order valence-electron chi connectivity index (χ4n) is 1.88. The topological polar surface area (TPSA) is 71.2 Å². The first-order chi connectivity index (χ1) is 10.4. The Balaban J connectivity index is 2.40. The summed E-state index contributed by atoms with van der Waals surface area (Å²) in [5.41, 5.74) is 0.756. The number of aromatic nitrogens is 1. The summed E-state index contributed by atoms with van der Waals surface area (Å²) in [5.74, 6) is -1.25. The van der Waals surface area contributed by atoms with E-state index in [1.165, 1.54) is 25.1 Å². The number of carbonyl (C=O) groups excluding carboxylic acids is 2. The van der Waals surface area contributed by atoms with Crippen LogP contribution in [-0.4, -0.2) is 31.2 Å². The Morgan fingerprint density at radius 1 is 1.36 bits per heavy atom. The summed E-state index contributed by atoms with van der Waals surface area (Å²) in [7, 11) is 5.49. The van der Waals surface area contributed by atoms with Gasteiger partial charge in [0.15, 0.2) is 5.78 Å². The van der Waals surface area contributed by atoms with E-state index in [0.717, 1.165) is 6.07 Å². The molecule has 0 fully saturated rings. The highest BCUT2D eigenvalue weighted by atomic mass is 19.1. The maximum Gasteiger partial charge on any atom is 0.341 e. The molecule has 0 atom stereocenters. The fraction of sp³-hybridized carbons (Fsp3) is 0.200. The molecular formula is C15H14BFN2O3. The number of ether oxygens (including phenoxy) is 1. The zero-order chi connectivity index (χ0) is 16.3. The molecule has 2 aromatic rings. The number of hydrogen-bond donors (Lipinski definition) is 2. The van der Waals surface area contributed by atoms with Crippen molar-refractivity contribution in [1.29, 1.82) is 0 Å². The highest BCUT2D eigenvalue weighted by molar-refractivity contribution is 6.32. The number of hydrogen-bond acceptors (Lipinski definition) is 4. The Bertz CT molecular complexity index is 728. The summed E-state index contributed by atoms with van der Waals surface area (Å²) in [6, 6.07) is 5.48. The van der Waals surface area contributed by atoms with E-state index in [9.17, 15) is 14.0 Å². The first kappa shape index (κ1) is 15.8. The third-order valence-electron chi connectivity index (χ3n) is 2.95. The lowest BCUT2D eigenvalue weighted by Gasteiger charge is -2.09. The summed E-state index contributed by atoms with van der Waals surface area (Å²) in [6.45, 7) is 3.21. The number of halogens is 1. The summed E-state index contributed by atoms with van der Waals surface area (Å²) in [6.07, 6.45) is 0. The zero-order valence-corrected chi connectivity index (χ0v) is 12.2. The van der Waals surface area contributed by atoms with Crippen molar-refractivity contribution in [3.05, 3.63) is 41.3 Å². The number of esters is 1. The molecular weight excluding hydrogens is 286 g/mol. The van der Waals surface area contributed by atoms with E-state index in [-0.39, 0.29) is 40.6 Å². The van der Waals surface area contributed by atoms with Crippen molar-refractivity contribution in [1.82, 2.24) is 4.98 Å². The van der Waals surface area contributed by atoms with Crippen molar-refractivity contribution in [2.75, 3.05) is 11.9 Å². The third kappa shape index (κ3) is 3.36. The number of benzene rings is 1. The van der Waals surface area contributed by atoms with Gasteiger partial charge in [-0.2, -0.15) is 0 Å². The molecule has 1 aromatic heterocycles. The van der Waals surface area contributed by atoms with Crippen LogP contribution in [0.3, 0.4) is 0 Å². The largest absolute Gasteiger partial charge is 0.462 e. The van der Waals surface area contributed by atoms with Crippen LogP contribution in [0.15, 0.2) is 24.3 Å². The molecule has 0 bridgehead atoms. The van der Waals surface area contributed by atoms with Crippen LogP contribution in [-0.2, 0) is 4.74 Å². The van der Waals surface area contributed by atoms with E-state index in [0.29, 0.717) is 0 Å². The number of ketones is 1. The van der Waals surface area contributed by atoms with Gasteiger partial charge in [0, 0.05) is 6.92 Å². The van der Waals surface area contributed by atoms with Crippen molar-refractivity contribution in [2.45, 2.75) is 13.8 Å². The van der Waals surface area contributed by atoms with E-state index in [2.05, 4.69) is 10.3 Å². The van der Waals surface area contributed by atoms with Crippen molar-refractivity contribution in [3.8, 4) is 0 Å². The minimum atomic E-state index is -0.607. The Morgan fingerprint density at radius 3 is 2.68 bits per heavy atom. The van der Waals surface area contributed by atoms with Crippen molar-refractivity contribution < 1.29 is 18.7 Å².